The van der Waals surface area contributed by atoms with Crippen molar-refractivity contribution in [2.24, 2.45) is 0 Å². The number of aliphatic hydroxyl groups is 1. The van der Waals surface area contributed by atoms with Crippen molar-refractivity contribution in [2.45, 2.75) is 37.8 Å². The molecule has 0 bridgehead atoms. The Morgan fingerprint density at radius 2 is 2.00 bits per heavy atom. The number of aliphatic hydroxyl groups excluding tert-OH is 1. The minimum Gasteiger partial charge on any atom is -0.389 e. The average molecular weight is 432 g/mol. The molecular formula is C11H22N4O8P2S. The van der Waals surface area contributed by atoms with Crippen LogP contribution in [0, 0.1) is 6.92 Å². The van der Waals surface area contributed by atoms with Gasteiger partial charge < -0.3 is 30.8 Å². The van der Waals surface area contributed by atoms with E-state index in [0.717, 1.165) is 0 Å². The second kappa shape index (κ2) is 9.56. The summed E-state index contributed by atoms with van der Waals surface area (Å²) < 4.78 is 29.9. The predicted octanol–water partition coefficient (Wildman–Crippen LogP) is -0.269. The van der Waals surface area contributed by atoms with Crippen LogP contribution >= 0.6 is 28.3 Å². The number of anilines is 1. The number of nitrogens with zero attached hydrogens (tertiary/aromatic N) is 2. The van der Waals surface area contributed by atoms with Crippen molar-refractivity contribution < 1.29 is 37.8 Å². The number of nitrogens with one attached hydrogen (secondary N) is 1. The molecule has 0 aliphatic heterocycles. The van der Waals surface area contributed by atoms with E-state index in [-0.39, 0.29) is 6.54 Å². The van der Waals surface area contributed by atoms with E-state index >= 15 is 0 Å². The molecule has 4 atom stereocenters. The first kappa shape index (κ1) is 23.4. The lowest BCUT2D eigenvalue weighted by Gasteiger charge is -2.25. The number of phosphoric ester groups is 1. The summed E-state index contributed by atoms with van der Waals surface area (Å²) in [6.45, 7) is 2.95. The third kappa shape index (κ3) is 8.40. The van der Waals surface area contributed by atoms with Crippen LogP contribution in [0.3, 0.4) is 0 Å². The van der Waals surface area contributed by atoms with Gasteiger partial charge in [0.2, 0.25) is 0 Å². The zero-order chi connectivity index (χ0) is 20.1. The molecule has 15 heteroatoms. The number of hydrogen-bond acceptors (Lipinski definition) is 10. The van der Waals surface area contributed by atoms with Gasteiger partial charge in [-0.15, -0.1) is 0 Å². The Bertz CT molecular complexity index is 705. The third-order valence-corrected chi connectivity index (χ3v) is 6.10. The van der Waals surface area contributed by atoms with Crippen LogP contribution in [0.5, 0.6) is 0 Å². The Kier molecular flexibility index (Phi) is 8.62. The summed E-state index contributed by atoms with van der Waals surface area (Å²) in [7, 11) is -10.2. The molecule has 1 rings (SSSR count). The lowest BCUT2D eigenvalue weighted by atomic mass is 10.1. The highest BCUT2D eigenvalue weighted by Crippen LogP contribution is 2.57. The van der Waals surface area contributed by atoms with Crippen LogP contribution in [-0.2, 0) is 24.5 Å². The maximum Gasteiger partial charge on any atom is 0.481 e. The number of hydrogen-bond donors (Lipinski definition) is 7. The molecule has 0 aliphatic rings. The van der Waals surface area contributed by atoms with Gasteiger partial charge in [-0.25, -0.2) is 19.1 Å². The van der Waals surface area contributed by atoms with Crippen LogP contribution in [0.4, 0.5) is 5.82 Å². The SMILES string of the molecule is Cc1ncc(CNC(C)C(S)[C@H](O)COP(=O)(O)OP(=O)(O)O)c(N)n1. The molecule has 1 aromatic rings. The van der Waals surface area contributed by atoms with E-state index in [4.69, 9.17) is 20.4 Å². The van der Waals surface area contributed by atoms with Crippen LogP contribution in [-0.4, -0.2) is 53.8 Å². The summed E-state index contributed by atoms with van der Waals surface area (Å²) in [6.07, 6.45) is 0.222. The molecule has 0 aliphatic carbocycles. The van der Waals surface area contributed by atoms with Crippen molar-refractivity contribution in [3.05, 3.63) is 17.6 Å². The van der Waals surface area contributed by atoms with Crippen molar-refractivity contribution in [2.75, 3.05) is 12.3 Å². The second-order valence-corrected chi connectivity index (χ2v) is 8.82. The quantitative estimate of drug-likeness (QED) is 0.189. The molecule has 0 amide bonds. The fourth-order valence-corrected chi connectivity index (χ4v) is 3.60. The van der Waals surface area contributed by atoms with Gasteiger partial charge >= 0.3 is 15.6 Å². The lowest BCUT2D eigenvalue weighted by molar-refractivity contribution is 0.0764. The molecular weight excluding hydrogens is 410 g/mol. The molecule has 150 valence electrons. The number of aromatic nitrogens is 2. The first-order valence-electron chi connectivity index (χ1n) is 7.22. The van der Waals surface area contributed by atoms with Crippen molar-refractivity contribution in [3.63, 3.8) is 0 Å². The number of thiol groups is 1. The van der Waals surface area contributed by atoms with E-state index in [2.05, 4.69) is 36.7 Å². The van der Waals surface area contributed by atoms with E-state index in [0.29, 0.717) is 17.2 Å². The van der Waals surface area contributed by atoms with Gasteiger partial charge in [0.25, 0.3) is 0 Å². The van der Waals surface area contributed by atoms with Crippen molar-refractivity contribution >= 4 is 34.1 Å². The summed E-state index contributed by atoms with van der Waals surface area (Å²) in [6, 6.07) is -0.404. The number of rotatable bonds is 10. The van der Waals surface area contributed by atoms with Gasteiger partial charge in [-0.2, -0.15) is 16.9 Å². The molecule has 1 aromatic heterocycles. The van der Waals surface area contributed by atoms with E-state index < -0.39 is 39.6 Å². The molecule has 0 saturated heterocycles. The van der Waals surface area contributed by atoms with Gasteiger partial charge in [0, 0.05) is 29.6 Å². The zero-order valence-corrected chi connectivity index (χ0v) is 16.6. The van der Waals surface area contributed by atoms with Crippen molar-refractivity contribution in [1.82, 2.24) is 15.3 Å². The van der Waals surface area contributed by atoms with Gasteiger partial charge in [-0.05, 0) is 13.8 Å². The molecule has 0 saturated carbocycles. The molecule has 0 radical (unpaired) electrons. The minimum atomic E-state index is -5.22. The maximum atomic E-state index is 11.3. The molecule has 3 unspecified atom stereocenters. The van der Waals surface area contributed by atoms with Crippen LogP contribution in [0.15, 0.2) is 6.20 Å². The van der Waals surface area contributed by atoms with E-state index in [9.17, 15) is 14.2 Å². The lowest BCUT2D eigenvalue weighted by Crippen LogP contribution is -2.42. The number of aryl methyl sites for hydroxylation is 1. The summed E-state index contributed by atoms with van der Waals surface area (Å²) in [4.78, 5) is 34.2. The topological polar surface area (TPSA) is 197 Å². The van der Waals surface area contributed by atoms with E-state index in [1.54, 1.807) is 20.0 Å². The Labute approximate surface area is 155 Å². The summed E-state index contributed by atoms with van der Waals surface area (Å²) in [5.74, 6) is 0.845. The third-order valence-electron chi connectivity index (χ3n) is 3.16. The highest BCUT2D eigenvalue weighted by molar-refractivity contribution is 7.81. The summed E-state index contributed by atoms with van der Waals surface area (Å²) >= 11 is 4.20. The molecule has 1 heterocycles. The molecule has 0 aromatic carbocycles. The molecule has 7 N–H and O–H groups in total. The summed E-state index contributed by atoms with van der Waals surface area (Å²) in [5.41, 5.74) is 6.42. The Morgan fingerprint density at radius 3 is 2.54 bits per heavy atom. The van der Waals surface area contributed by atoms with Crippen LogP contribution in [0.2, 0.25) is 0 Å². The van der Waals surface area contributed by atoms with Crippen LogP contribution in [0.1, 0.15) is 18.3 Å². The minimum absolute atomic E-state index is 0.289. The smallest absolute Gasteiger partial charge is 0.389 e. The van der Waals surface area contributed by atoms with Crippen molar-refractivity contribution in [3.8, 4) is 0 Å². The van der Waals surface area contributed by atoms with Crippen LogP contribution < -0.4 is 11.1 Å². The number of phosphoric acid groups is 2. The maximum absolute atomic E-state index is 11.3. The van der Waals surface area contributed by atoms with Gasteiger partial charge in [-0.3, -0.25) is 4.52 Å². The van der Waals surface area contributed by atoms with E-state index in [1.165, 1.54) is 0 Å². The molecule has 0 fully saturated rings. The normalized spacial score (nSPS) is 18.1. The fourth-order valence-electron chi connectivity index (χ4n) is 1.80. The number of nitrogen functional groups attached to an aromatic ring is 1. The Hall–Kier alpha value is -0.590. The largest absolute Gasteiger partial charge is 0.481 e. The Morgan fingerprint density at radius 1 is 1.38 bits per heavy atom. The van der Waals surface area contributed by atoms with E-state index in [1.807, 2.05) is 0 Å². The van der Waals surface area contributed by atoms with Gasteiger partial charge in [-0.1, -0.05) is 0 Å². The number of nitrogens with two attached hydrogens (primary N) is 1. The average Bonchev–Trinajstić information content (AvgIpc) is 2.48. The van der Waals surface area contributed by atoms with Gasteiger partial charge in [0.05, 0.1) is 12.7 Å². The van der Waals surface area contributed by atoms with Gasteiger partial charge in [0.15, 0.2) is 0 Å². The zero-order valence-electron chi connectivity index (χ0n) is 14.0. The molecule has 12 nitrogen and oxygen atoms in total. The fraction of sp³-hybridized carbons (Fsp3) is 0.636. The predicted molar refractivity (Wildman–Crippen MR) is 95.2 cm³/mol. The van der Waals surface area contributed by atoms with Crippen molar-refractivity contribution in [1.29, 1.82) is 0 Å². The standard InChI is InChI=1S/C11H22N4O8P2S/c1-6(13-3-8-4-14-7(2)15-11(8)12)10(26)9(16)5-22-25(20,21)23-24(17,18)19/h4,6,9-10,13,16,26H,3,5H2,1-2H3,(H,20,21)(H2,12,14,15)(H2,17,18,19)/t6?,9-,10?/m1/s1. The molecule has 26 heavy (non-hydrogen) atoms. The van der Waals surface area contributed by atoms with Crippen LogP contribution in [0.25, 0.3) is 0 Å². The monoisotopic (exact) mass is 432 g/mol. The van der Waals surface area contributed by atoms with Gasteiger partial charge in [0.1, 0.15) is 11.6 Å². The second-order valence-electron chi connectivity index (χ2n) is 5.39. The highest BCUT2D eigenvalue weighted by Gasteiger charge is 2.34. The first-order chi connectivity index (χ1) is 11.8. The first-order valence-corrected chi connectivity index (χ1v) is 10.8. The summed E-state index contributed by atoms with van der Waals surface area (Å²) in [5, 5.41) is 12.2. The highest BCUT2D eigenvalue weighted by atomic mass is 32.1. The molecule has 0 spiro atoms. The Balaban J connectivity index is 2.52.